The summed E-state index contributed by atoms with van der Waals surface area (Å²) in [6, 6.07) is 0.761. The molecule has 2 atom stereocenters. The van der Waals surface area contributed by atoms with Gasteiger partial charge in [-0.15, -0.1) is 11.6 Å². The van der Waals surface area contributed by atoms with Crippen LogP contribution in [0.2, 0.25) is 0 Å². The molecule has 1 saturated heterocycles. The summed E-state index contributed by atoms with van der Waals surface area (Å²) < 4.78 is 0. The summed E-state index contributed by atoms with van der Waals surface area (Å²) in [6.07, 6.45) is 5.18. The average Bonchev–Trinajstić information content (AvgIpc) is 2.24. The Bertz CT molecular complexity index is 166. The molecule has 1 heterocycles. The summed E-state index contributed by atoms with van der Waals surface area (Å²) in [5, 5.41) is 0.807. The summed E-state index contributed by atoms with van der Waals surface area (Å²) in [5.74, 6) is 2.14. The largest absolute Gasteiger partial charge is 0.299 e. The van der Waals surface area contributed by atoms with E-state index >= 15 is 0 Å². The van der Waals surface area contributed by atoms with Crippen LogP contribution in [-0.2, 0) is 0 Å². The number of alkyl halides is 1. The molecule has 1 rings (SSSR count). The monoisotopic (exact) mass is 249 g/mol. The molecule has 1 aliphatic rings. The fourth-order valence-electron chi connectivity index (χ4n) is 2.07. The van der Waals surface area contributed by atoms with Crippen molar-refractivity contribution >= 4 is 23.4 Å². The zero-order valence-corrected chi connectivity index (χ0v) is 11.6. The van der Waals surface area contributed by atoms with Crippen molar-refractivity contribution in [2.75, 3.05) is 24.7 Å². The van der Waals surface area contributed by atoms with E-state index in [4.69, 9.17) is 11.6 Å². The van der Waals surface area contributed by atoms with Gasteiger partial charge in [-0.05, 0) is 26.3 Å². The molecule has 1 nitrogen and oxygen atoms in total. The summed E-state index contributed by atoms with van der Waals surface area (Å²) in [6.45, 7) is 7.30. The number of halogens is 1. The number of nitrogens with zero attached hydrogens (tertiary/aromatic N) is 1. The lowest BCUT2D eigenvalue weighted by atomic mass is 10.1. The average molecular weight is 250 g/mol. The van der Waals surface area contributed by atoms with Gasteiger partial charge in [0.1, 0.15) is 0 Å². The number of hydrogen-bond acceptors (Lipinski definition) is 2. The smallest absolute Gasteiger partial charge is 0.0223 e. The Morgan fingerprint density at radius 3 is 2.67 bits per heavy atom. The van der Waals surface area contributed by atoms with Crippen LogP contribution in [0.1, 0.15) is 39.5 Å². The molecule has 0 N–H and O–H groups in total. The van der Waals surface area contributed by atoms with Crippen LogP contribution in [0.15, 0.2) is 0 Å². The first-order chi connectivity index (χ1) is 7.25. The Morgan fingerprint density at radius 2 is 1.93 bits per heavy atom. The Labute approximate surface area is 104 Å². The molecule has 0 aromatic carbocycles. The van der Waals surface area contributed by atoms with Gasteiger partial charge in [0.2, 0.25) is 0 Å². The van der Waals surface area contributed by atoms with Gasteiger partial charge in [0.05, 0.1) is 0 Å². The van der Waals surface area contributed by atoms with Gasteiger partial charge in [0.25, 0.3) is 0 Å². The van der Waals surface area contributed by atoms with Gasteiger partial charge in [-0.1, -0.05) is 19.8 Å². The second kappa shape index (κ2) is 7.81. The second-order valence-electron chi connectivity index (χ2n) is 4.46. The molecule has 0 aliphatic carbocycles. The maximum Gasteiger partial charge on any atom is 0.0223 e. The molecule has 0 radical (unpaired) electrons. The van der Waals surface area contributed by atoms with Gasteiger partial charge in [-0.3, -0.25) is 4.90 Å². The normalized spacial score (nSPS) is 28.2. The highest BCUT2D eigenvalue weighted by Gasteiger charge is 2.24. The van der Waals surface area contributed by atoms with Gasteiger partial charge in [0, 0.05) is 29.5 Å². The molecule has 3 heteroatoms. The van der Waals surface area contributed by atoms with Crippen LogP contribution in [0.4, 0.5) is 0 Å². The standard InChI is InChI=1S/C12H24ClNS/c1-11-12(2)15-10-9-14(11)8-6-4-3-5-7-13/h11-12H,3-10H2,1-2H3. The molecule has 1 aliphatic heterocycles. The Hall–Kier alpha value is 0.600. The maximum atomic E-state index is 5.66. The zero-order chi connectivity index (χ0) is 11.1. The second-order valence-corrected chi connectivity index (χ2v) is 6.32. The molecule has 90 valence electrons. The van der Waals surface area contributed by atoms with Crippen LogP contribution in [0, 0.1) is 0 Å². The van der Waals surface area contributed by atoms with Gasteiger partial charge in [0.15, 0.2) is 0 Å². The molecule has 0 bridgehead atoms. The van der Waals surface area contributed by atoms with Crippen molar-refractivity contribution in [3.05, 3.63) is 0 Å². The third kappa shape index (κ3) is 4.97. The predicted octanol–water partition coefficient (Wildman–Crippen LogP) is 3.61. The molecule has 1 fully saturated rings. The maximum absolute atomic E-state index is 5.66. The van der Waals surface area contributed by atoms with E-state index in [1.54, 1.807) is 0 Å². The van der Waals surface area contributed by atoms with Gasteiger partial charge >= 0.3 is 0 Å². The van der Waals surface area contributed by atoms with Crippen LogP contribution in [-0.4, -0.2) is 40.9 Å². The minimum Gasteiger partial charge on any atom is -0.299 e. The van der Waals surface area contributed by atoms with Crippen molar-refractivity contribution in [3.63, 3.8) is 0 Å². The number of rotatable bonds is 6. The molecule has 0 aromatic rings. The fraction of sp³-hybridized carbons (Fsp3) is 1.00. The van der Waals surface area contributed by atoms with Crippen molar-refractivity contribution in [1.82, 2.24) is 4.90 Å². The summed E-state index contributed by atoms with van der Waals surface area (Å²) in [4.78, 5) is 2.65. The van der Waals surface area contributed by atoms with E-state index in [9.17, 15) is 0 Å². The SMILES string of the molecule is CC1SCCN(CCCCCCCl)C1C. The first-order valence-corrected chi connectivity index (χ1v) is 7.75. The van der Waals surface area contributed by atoms with E-state index in [2.05, 4.69) is 30.5 Å². The van der Waals surface area contributed by atoms with Crippen molar-refractivity contribution < 1.29 is 0 Å². The minimum absolute atomic E-state index is 0.761. The van der Waals surface area contributed by atoms with Crippen molar-refractivity contribution in [2.45, 2.75) is 50.8 Å². The lowest BCUT2D eigenvalue weighted by Crippen LogP contribution is -2.44. The summed E-state index contributed by atoms with van der Waals surface area (Å²) in [7, 11) is 0. The van der Waals surface area contributed by atoms with E-state index in [-0.39, 0.29) is 0 Å². The quantitative estimate of drug-likeness (QED) is 0.523. The van der Waals surface area contributed by atoms with Gasteiger partial charge in [-0.2, -0.15) is 11.8 Å². The lowest BCUT2D eigenvalue weighted by Gasteiger charge is -2.37. The number of unbranched alkanes of at least 4 members (excludes halogenated alkanes) is 3. The van der Waals surface area contributed by atoms with Crippen LogP contribution in [0.5, 0.6) is 0 Å². The van der Waals surface area contributed by atoms with E-state index in [0.29, 0.717) is 0 Å². The molecule has 15 heavy (non-hydrogen) atoms. The summed E-state index contributed by atoms with van der Waals surface area (Å²) in [5.41, 5.74) is 0. The minimum atomic E-state index is 0.761. The van der Waals surface area contributed by atoms with Crippen molar-refractivity contribution in [2.24, 2.45) is 0 Å². The zero-order valence-electron chi connectivity index (χ0n) is 10.0. The molecular weight excluding hydrogens is 226 g/mol. The van der Waals surface area contributed by atoms with E-state index in [1.807, 2.05) is 0 Å². The van der Waals surface area contributed by atoms with Gasteiger partial charge < -0.3 is 0 Å². The molecule has 2 unspecified atom stereocenters. The van der Waals surface area contributed by atoms with Crippen LogP contribution in [0.25, 0.3) is 0 Å². The first-order valence-electron chi connectivity index (χ1n) is 6.17. The Morgan fingerprint density at radius 1 is 1.20 bits per heavy atom. The molecular formula is C12H24ClNS. The lowest BCUT2D eigenvalue weighted by molar-refractivity contribution is 0.208. The number of thioether (sulfide) groups is 1. The molecule has 0 aromatic heterocycles. The van der Waals surface area contributed by atoms with Crippen molar-refractivity contribution in [3.8, 4) is 0 Å². The third-order valence-corrected chi connectivity index (χ3v) is 4.95. The molecule has 0 amide bonds. The van der Waals surface area contributed by atoms with Crippen molar-refractivity contribution in [1.29, 1.82) is 0 Å². The fourth-order valence-corrected chi connectivity index (χ4v) is 3.43. The van der Waals surface area contributed by atoms with E-state index in [1.165, 1.54) is 44.5 Å². The van der Waals surface area contributed by atoms with Crippen LogP contribution < -0.4 is 0 Å². The summed E-state index contributed by atoms with van der Waals surface area (Å²) >= 11 is 7.78. The third-order valence-electron chi connectivity index (χ3n) is 3.34. The molecule has 0 saturated carbocycles. The highest BCUT2D eigenvalue weighted by molar-refractivity contribution is 8.00. The Balaban J connectivity index is 2.09. The van der Waals surface area contributed by atoms with Crippen LogP contribution in [0.3, 0.4) is 0 Å². The van der Waals surface area contributed by atoms with Gasteiger partial charge in [-0.25, -0.2) is 0 Å². The van der Waals surface area contributed by atoms with E-state index in [0.717, 1.165) is 17.2 Å². The van der Waals surface area contributed by atoms with E-state index < -0.39 is 0 Å². The highest BCUT2D eigenvalue weighted by atomic mass is 35.5. The topological polar surface area (TPSA) is 3.24 Å². The predicted molar refractivity (Wildman–Crippen MR) is 72.1 cm³/mol. The molecule has 0 spiro atoms. The number of hydrogen-bond donors (Lipinski definition) is 0. The first kappa shape index (κ1) is 13.7. The highest BCUT2D eigenvalue weighted by Crippen LogP contribution is 2.24. The Kier molecular flexibility index (Phi) is 7.11. The van der Waals surface area contributed by atoms with Crippen LogP contribution >= 0.6 is 23.4 Å².